The van der Waals surface area contributed by atoms with E-state index in [1.165, 1.54) is 12.1 Å². The first-order valence-corrected chi connectivity index (χ1v) is 10.2. The Labute approximate surface area is 188 Å². The van der Waals surface area contributed by atoms with Crippen LogP contribution in [0.5, 0.6) is 17.2 Å². The molecule has 3 nitrogen and oxygen atoms in total. The van der Waals surface area contributed by atoms with Gasteiger partial charge in [-0.1, -0.05) is 29.8 Å². The van der Waals surface area contributed by atoms with Crippen LogP contribution in [0.4, 0.5) is 17.6 Å². The van der Waals surface area contributed by atoms with Crippen molar-refractivity contribution in [3.8, 4) is 17.2 Å². The molecule has 0 spiro atoms. The third-order valence-electron chi connectivity index (χ3n) is 4.55. The van der Waals surface area contributed by atoms with E-state index in [1.807, 2.05) is 0 Å². The molecule has 0 aromatic heterocycles. The summed E-state index contributed by atoms with van der Waals surface area (Å²) in [4.78, 5) is 0. The molecule has 0 saturated heterocycles. The molecule has 0 aliphatic rings. The lowest BCUT2D eigenvalue weighted by Gasteiger charge is -2.21. The fourth-order valence-corrected chi connectivity index (χ4v) is 3.14. The topological polar surface area (TPSA) is 27.7 Å². The Morgan fingerprint density at radius 1 is 0.938 bits per heavy atom. The van der Waals surface area contributed by atoms with E-state index in [2.05, 4.69) is 0 Å². The zero-order valence-corrected chi connectivity index (χ0v) is 17.9. The maximum atomic E-state index is 14.1. The Kier molecular flexibility index (Phi) is 7.99. The summed E-state index contributed by atoms with van der Waals surface area (Å²) in [6, 6.07) is 16.8. The van der Waals surface area contributed by atoms with Gasteiger partial charge in [-0.05, 0) is 66.6 Å². The van der Waals surface area contributed by atoms with E-state index in [0.717, 1.165) is 6.07 Å². The second-order valence-corrected chi connectivity index (χ2v) is 7.37. The van der Waals surface area contributed by atoms with Crippen LogP contribution in [0.15, 0.2) is 66.7 Å². The summed E-state index contributed by atoms with van der Waals surface area (Å²) in [5, 5.41) is 0.575. The monoisotopic (exact) mass is 468 g/mol. The molecule has 0 bridgehead atoms. The maximum Gasteiger partial charge on any atom is 0.397 e. The molecule has 0 aliphatic heterocycles. The Bertz CT molecular complexity index is 1020. The Morgan fingerprint density at radius 3 is 2.34 bits per heavy atom. The van der Waals surface area contributed by atoms with Crippen molar-refractivity contribution in [3.63, 3.8) is 0 Å². The minimum Gasteiger partial charge on any atom is -0.491 e. The Balaban J connectivity index is 1.65. The lowest BCUT2D eigenvalue weighted by Crippen LogP contribution is -2.25. The molecule has 0 radical (unpaired) electrons. The summed E-state index contributed by atoms with van der Waals surface area (Å²) in [6.45, 7) is 1.15. The summed E-state index contributed by atoms with van der Waals surface area (Å²) in [5.74, 6) is -1.82. The summed E-state index contributed by atoms with van der Waals surface area (Å²) in [5.41, 5.74) is 0.411. The van der Waals surface area contributed by atoms with Crippen LogP contribution in [-0.4, -0.2) is 19.4 Å². The molecule has 0 aliphatic carbocycles. The van der Waals surface area contributed by atoms with E-state index in [4.69, 9.17) is 25.8 Å². The fourth-order valence-electron chi connectivity index (χ4n) is 3.02. The first kappa shape index (κ1) is 23.9. The summed E-state index contributed by atoms with van der Waals surface area (Å²) >= 11 is 5.85. The lowest BCUT2D eigenvalue weighted by atomic mass is 9.99. The standard InChI is InChI=1S/C24H21ClF4O3/c1-2-31-23-11-6-17(13-22(23)26)21(24(27,28)29)15-30-14-16-4-3-5-20(12-16)32-19-9-7-18(25)8-10-19/h3-13,21H,2,14-15H2,1H3. The highest BCUT2D eigenvalue weighted by Crippen LogP contribution is 2.37. The predicted molar refractivity (Wildman–Crippen MR) is 114 cm³/mol. The lowest BCUT2D eigenvalue weighted by molar-refractivity contribution is -0.163. The summed E-state index contributed by atoms with van der Waals surface area (Å²) in [6.07, 6.45) is -4.60. The van der Waals surface area contributed by atoms with E-state index >= 15 is 0 Å². The van der Waals surface area contributed by atoms with Crippen molar-refractivity contribution >= 4 is 11.6 Å². The first-order valence-electron chi connectivity index (χ1n) is 9.85. The average molecular weight is 469 g/mol. The van der Waals surface area contributed by atoms with Gasteiger partial charge >= 0.3 is 6.18 Å². The molecule has 3 aromatic carbocycles. The van der Waals surface area contributed by atoms with Crippen molar-refractivity contribution in [1.29, 1.82) is 0 Å². The minimum atomic E-state index is -4.60. The molecule has 8 heteroatoms. The highest BCUT2D eigenvalue weighted by molar-refractivity contribution is 6.30. The molecule has 0 N–H and O–H groups in total. The molecule has 1 unspecified atom stereocenters. The van der Waals surface area contributed by atoms with Gasteiger partial charge in [0.05, 0.1) is 19.8 Å². The van der Waals surface area contributed by atoms with E-state index in [9.17, 15) is 17.6 Å². The quantitative estimate of drug-likeness (QED) is 0.304. The van der Waals surface area contributed by atoms with Gasteiger partial charge in [-0.25, -0.2) is 4.39 Å². The highest BCUT2D eigenvalue weighted by atomic mass is 35.5. The van der Waals surface area contributed by atoms with Gasteiger partial charge in [0.2, 0.25) is 0 Å². The van der Waals surface area contributed by atoms with Gasteiger partial charge < -0.3 is 14.2 Å². The molecule has 0 amide bonds. The summed E-state index contributed by atoms with van der Waals surface area (Å²) in [7, 11) is 0. The maximum absolute atomic E-state index is 14.1. The van der Waals surface area contributed by atoms with Crippen LogP contribution in [0.3, 0.4) is 0 Å². The van der Waals surface area contributed by atoms with E-state index in [0.29, 0.717) is 22.1 Å². The van der Waals surface area contributed by atoms with Gasteiger partial charge in [0.25, 0.3) is 0 Å². The zero-order valence-electron chi connectivity index (χ0n) is 17.2. The van der Waals surface area contributed by atoms with Crippen LogP contribution in [0.2, 0.25) is 5.02 Å². The predicted octanol–water partition coefficient (Wildman–Crippen LogP) is 7.53. The third kappa shape index (κ3) is 6.61. The van der Waals surface area contributed by atoms with E-state index in [-0.39, 0.29) is 24.5 Å². The van der Waals surface area contributed by atoms with Crippen molar-refractivity contribution in [2.24, 2.45) is 0 Å². The van der Waals surface area contributed by atoms with Crippen molar-refractivity contribution < 1.29 is 31.8 Å². The average Bonchev–Trinajstić information content (AvgIpc) is 2.74. The molecule has 3 aromatic rings. The largest absolute Gasteiger partial charge is 0.491 e. The van der Waals surface area contributed by atoms with E-state index < -0.39 is 24.5 Å². The van der Waals surface area contributed by atoms with Crippen molar-refractivity contribution in [3.05, 3.63) is 88.7 Å². The number of halogens is 5. The second-order valence-electron chi connectivity index (χ2n) is 6.94. The van der Waals surface area contributed by atoms with Crippen molar-refractivity contribution in [2.75, 3.05) is 13.2 Å². The van der Waals surface area contributed by atoms with Gasteiger partial charge in [0, 0.05) is 5.02 Å². The van der Waals surface area contributed by atoms with Crippen LogP contribution < -0.4 is 9.47 Å². The number of hydrogen-bond acceptors (Lipinski definition) is 3. The smallest absolute Gasteiger partial charge is 0.397 e. The fraction of sp³-hybridized carbons (Fsp3) is 0.250. The van der Waals surface area contributed by atoms with Gasteiger partial charge in [0.1, 0.15) is 17.4 Å². The molecule has 1 atom stereocenters. The molecule has 32 heavy (non-hydrogen) atoms. The molecule has 170 valence electrons. The molecular weight excluding hydrogens is 448 g/mol. The number of rotatable bonds is 9. The van der Waals surface area contributed by atoms with Gasteiger partial charge in [-0.3, -0.25) is 0 Å². The van der Waals surface area contributed by atoms with E-state index in [1.54, 1.807) is 55.5 Å². The third-order valence-corrected chi connectivity index (χ3v) is 4.81. The van der Waals surface area contributed by atoms with Crippen molar-refractivity contribution in [2.45, 2.75) is 25.6 Å². The molecule has 3 rings (SSSR count). The zero-order chi connectivity index (χ0) is 23.1. The first-order chi connectivity index (χ1) is 15.3. The number of benzene rings is 3. The number of hydrogen-bond donors (Lipinski definition) is 0. The Hall–Kier alpha value is -2.77. The Morgan fingerprint density at radius 2 is 1.69 bits per heavy atom. The van der Waals surface area contributed by atoms with Crippen molar-refractivity contribution in [1.82, 2.24) is 0 Å². The van der Waals surface area contributed by atoms with Gasteiger partial charge in [-0.15, -0.1) is 0 Å². The van der Waals surface area contributed by atoms with Gasteiger partial charge in [0.15, 0.2) is 11.6 Å². The highest BCUT2D eigenvalue weighted by Gasteiger charge is 2.41. The second kappa shape index (κ2) is 10.7. The normalized spacial score (nSPS) is 12.4. The molecule has 0 saturated carbocycles. The molecule has 0 fully saturated rings. The van der Waals surface area contributed by atoms with Crippen LogP contribution in [0.25, 0.3) is 0 Å². The molecule has 0 heterocycles. The summed E-state index contributed by atoms with van der Waals surface area (Å²) < 4.78 is 70.9. The number of ether oxygens (including phenoxy) is 3. The molecular formula is C24H21ClF4O3. The van der Waals surface area contributed by atoms with Crippen LogP contribution in [0, 0.1) is 5.82 Å². The van der Waals surface area contributed by atoms with Crippen LogP contribution in [-0.2, 0) is 11.3 Å². The van der Waals surface area contributed by atoms with Crippen LogP contribution >= 0.6 is 11.6 Å². The minimum absolute atomic E-state index is 0.0656. The van der Waals surface area contributed by atoms with Gasteiger partial charge in [-0.2, -0.15) is 13.2 Å². The SMILES string of the molecule is CCOc1ccc(C(COCc2cccc(Oc3ccc(Cl)cc3)c2)C(F)(F)F)cc1F. The number of alkyl halides is 3. The van der Waals surface area contributed by atoms with Crippen LogP contribution in [0.1, 0.15) is 24.0 Å².